The second kappa shape index (κ2) is 11.9. The molecule has 1 amide bonds. The van der Waals surface area contributed by atoms with E-state index in [9.17, 15) is 9.18 Å². The van der Waals surface area contributed by atoms with Gasteiger partial charge in [-0.15, -0.1) is 0 Å². The average molecular weight is 548 g/mol. The molecule has 2 aromatic carbocycles. The summed E-state index contributed by atoms with van der Waals surface area (Å²) in [7, 11) is 3.93. The topological polar surface area (TPSA) is 79.8 Å². The number of likely N-dealkylation sites (tertiary alicyclic amines) is 1. The lowest BCUT2D eigenvalue weighted by molar-refractivity contribution is -0.127. The number of nitrogens with one attached hydrogen (secondary N) is 1. The zero-order chi connectivity index (χ0) is 26.5. The Bertz CT molecular complexity index is 1300. The number of nitrogens with zero attached hydrogens (tertiary/aromatic N) is 4. The van der Waals surface area contributed by atoms with Crippen LogP contribution in [0.5, 0.6) is 11.5 Å². The molecule has 1 aromatic heterocycles. The molecule has 11 heteroatoms. The number of carbonyl (C=O) groups is 1. The number of hydrogen-bond donors (Lipinski definition) is 1. The molecule has 0 spiro atoms. The maximum absolute atomic E-state index is 14.7. The Labute approximate surface area is 225 Å². The third-order valence-electron chi connectivity index (χ3n) is 6.01. The molecule has 8 nitrogen and oxygen atoms in total. The predicted octanol–water partition coefficient (Wildman–Crippen LogP) is 5.32. The maximum atomic E-state index is 14.7. The van der Waals surface area contributed by atoms with Crippen molar-refractivity contribution in [2.24, 2.45) is 0 Å². The Balaban J connectivity index is 1.65. The van der Waals surface area contributed by atoms with E-state index in [-0.39, 0.29) is 27.7 Å². The number of ether oxygens (including phenoxy) is 2. The van der Waals surface area contributed by atoms with Crippen LogP contribution < -0.4 is 14.8 Å². The monoisotopic (exact) mass is 547 g/mol. The summed E-state index contributed by atoms with van der Waals surface area (Å²) >= 11 is 11.9. The van der Waals surface area contributed by atoms with Gasteiger partial charge in [-0.2, -0.15) is 0 Å². The van der Waals surface area contributed by atoms with Crippen molar-refractivity contribution < 1.29 is 18.7 Å². The SMILES string of the molecule is C=CC(=O)N1CCC(Oc2cc3c(Nc4ccc(Cl)c(Cl)c4F)ncnc3cc2OCCN(C)C)CC1. The minimum absolute atomic E-state index is 0.0840. The molecule has 3 aromatic rings. The Morgan fingerprint density at radius 1 is 1.24 bits per heavy atom. The zero-order valence-corrected chi connectivity index (χ0v) is 22.2. The van der Waals surface area contributed by atoms with Gasteiger partial charge in [-0.05, 0) is 38.4 Å². The van der Waals surface area contributed by atoms with Crippen molar-refractivity contribution in [1.82, 2.24) is 19.8 Å². The first kappa shape index (κ1) is 26.9. The molecule has 2 heterocycles. The van der Waals surface area contributed by atoms with Crippen LogP contribution in [0.2, 0.25) is 10.0 Å². The maximum Gasteiger partial charge on any atom is 0.245 e. The highest BCUT2D eigenvalue weighted by atomic mass is 35.5. The summed E-state index contributed by atoms with van der Waals surface area (Å²) in [5.74, 6) is 0.677. The van der Waals surface area contributed by atoms with E-state index < -0.39 is 5.82 Å². The number of benzene rings is 2. The van der Waals surface area contributed by atoms with Crippen LogP contribution in [0.25, 0.3) is 10.9 Å². The van der Waals surface area contributed by atoms with Gasteiger partial charge in [-0.25, -0.2) is 14.4 Å². The van der Waals surface area contributed by atoms with Crippen LogP contribution in [-0.2, 0) is 4.79 Å². The number of amides is 1. The van der Waals surface area contributed by atoms with Crippen molar-refractivity contribution in [2.75, 3.05) is 45.7 Å². The third kappa shape index (κ3) is 6.41. The molecule has 0 aliphatic carbocycles. The molecule has 0 saturated carbocycles. The molecule has 4 rings (SSSR count). The normalized spacial score (nSPS) is 14.2. The number of piperidine rings is 1. The van der Waals surface area contributed by atoms with E-state index in [0.717, 1.165) is 0 Å². The van der Waals surface area contributed by atoms with Gasteiger partial charge in [0.15, 0.2) is 17.3 Å². The van der Waals surface area contributed by atoms with Crippen LogP contribution in [0.4, 0.5) is 15.9 Å². The first-order valence-electron chi connectivity index (χ1n) is 11.8. The van der Waals surface area contributed by atoms with Crippen LogP contribution in [0.3, 0.4) is 0 Å². The lowest BCUT2D eigenvalue weighted by Crippen LogP contribution is -2.41. The van der Waals surface area contributed by atoms with E-state index >= 15 is 0 Å². The lowest BCUT2D eigenvalue weighted by Gasteiger charge is -2.32. The summed E-state index contributed by atoms with van der Waals surface area (Å²) < 4.78 is 27.2. The summed E-state index contributed by atoms with van der Waals surface area (Å²) in [4.78, 5) is 24.4. The highest BCUT2D eigenvalue weighted by Gasteiger charge is 2.24. The molecule has 1 N–H and O–H groups in total. The summed E-state index contributed by atoms with van der Waals surface area (Å²) in [6, 6.07) is 6.58. The average Bonchev–Trinajstić information content (AvgIpc) is 2.89. The lowest BCUT2D eigenvalue weighted by atomic mass is 10.1. The molecule has 0 radical (unpaired) electrons. The Hall–Kier alpha value is -3.14. The van der Waals surface area contributed by atoms with Crippen LogP contribution in [0.15, 0.2) is 43.2 Å². The van der Waals surface area contributed by atoms with Gasteiger partial charge in [0.25, 0.3) is 0 Å². The van der Waals surface area contributed by atoms with E-state index in [2.05, 4.69) is 21.9 Å². The minimum Gasteiger partial charge on any atom is -0.488 e. The van der Waals surface area contributed by atoms with E-state index in [1.54, 1.807) is 17.0 Å². The summed E-state index contributed by atoms with van der Waals surface area (Å²) in [5, 5.41) is 3.55. The van der Waals surface area contributed by atoms with Crippen molar-refractivity contribution in [3.8, 4) is 11.5 Å². The highest BCUT2D eigenvalue weighted by Crippen LogP contribution is 2.38. The highest BCUT2D eigenvalue weighted by molar-refractivity contribution is 6.42. The standard InChI is InChI=1S/C26H28Cl2FN5O3/c1-4-23(35)34-9-7-16(8-10-34)37-22-13-17-20(14-21(22)36-12-11-33(2)3)30-15-31-26(17)32-19-6-5-18(27)24(28)25(19)29/h4-6,13-16H,1,7-12H2,2-3H3,(H,30,31,32). The smallest absolute Gasteiger partial charge is 0.245 e. The van der Waals surface area contributed by atoms with Crippen molar-refractivity contribution in [1.29, 1.82) is 0 Å². The number of anilines is 2. The quantitative estimate of drug-likeness (QED) is 0.287. The van der Waals surface area contributed by atoms with Gasteiger partial charge in [0.1, 0.15) is 24.9 Å². The molecular formula is C26H28Cl2FN5O3. The Morgan fingerprint density at radius 3 is 2.70 bits per heavy atom. The van der Waals surface area contributed by atoms with Gasteiger partial charge in [-0.3, -0.25) is 4.79 Å². The molecule has 0 atom stereocenters. The molecule has 196 valence electrons. The number of hydrogen-bond acceptors (Lipinski definition) is 7. The molecule has 37 heavy (non-hydrogen) atoms. The summed E-state index contributed by atoms with van der Waals surface area (Å²) in [5.41, 5.74) is 0.721. The van der Waals surface area contributed by atoms with Gasteiger partial charge >= 0.3 is 0 Å². The van der Waals surface area contributed by atoms with Gasteiger partial charge in [-0.1, -0.05) is 29.8 Å². The fourth-order valence-corrected chi connectivity index (χ4v) is 4.27. The molecule has 1 aliphatic rings. The van der Waals surface area contributed by atoms with Gasteiger partial charge in [0, 0.05) is 43.9 Å². The number of carbonyl (C=O) groups excluding carboxylic acids is 1. The molecule has 0 unspecified atom stereocenters. The molecule has 1 aliphatic heterocycles. The Morgan fingerprint density at radius 2 is 2.00 bits per heavy atom. The van der Waals surface area contributed by atoms with Crippen LogP contribution in [-0.4, -0.2) is 72.1 Å². The van der Waals surface area contributed by atoms with Crippen molar-refractivity contribution in [2.45, 2.75) is 18.9 Å². The van der Waals surface area contributed by atoms with Crippen molar-refractivity contribution in [3.63, 3.8) is 0 Å². The fourth-order valence-electron chi connectivity index (χ4n) is 3.96. The number of rotatable bonds is 9. The molecule has 1 saturated heterocycles. The zero-order valence-electron chi connectivity index (χ0n) is 20.6. The van der Waals surface area contributed by atoms with Crippen molar-refractivity contribution >= 4 is 51.5 Å². The molecule has 1 fully saturated rings. The Kier molecular flexibility index (Phi) is 8.68. The van der Waals surface area contributed by atoms with Gasteiger partial charge in [0.2, 0.25) is 5.91 Å². The van der Waals surface area contributed by atoms with Crippen LogP contribution in [0.1, 0.15) is 12.8 Å². The first-order chi connectivity index (χ1) is 17.8. The van der Waals surface area contributed by atoms with Gasteiger partial charge in [0.05, 0.1) is 21.2 Å². The number of aromatic nitrogens is 2. The fraction of sp³-hybridized carbons (Fsp3) is 0.346. The molecule has 0 bridgehead atoms. The third-order valence-corrected chi connectivity index (χ3v) is 6.79. The van der Waals surface area contributed by atoms with Crippen molar-refractivity contribution in [3.05, 3.63) is 59.1 Å². The van der Waals surface area contributed by atoms with Crippen LogP contribution >= 0.6 is 23.2 Å². The second-order valence-electron chi connectivity index (χ2n) is 8.88. The van der Waals surface area contributed by atoms with E-state index in [0.29, 0.717) is 67.3 Å². The summed E-state index contributed by atoms with van der Waals surface area (Å²) in [6.45, 7) is 5.88. The van der Waals surface area contributed by atoms with E-state index in [1.165, 1.54) is 24.5 Å². The van der Waals surface area contributed by atoms with E-state index in [1.807, 2.05) is 19.0 Å². The first-order valence-corrected chi connectivity index (χ1v) is 12.6. The second-order valence-corrected chi connectivity index (χ2v) is 9.67. The number of halogens is 3. The number of likely N-dealkylation sites (N-methyl/N-ethyl adjacent to an activating group) is 1. The van der Waals surface area contributed by atoms with E-state index in [4.69, 9.17) is 32.7 Å². The van der Waals surface area contributed by atoms with Crippen LogP contribution in [0, 0.1) is 5.82 Å². The predicted molar refractivity (Wildman–Crippen MR) is 144 cm³/mol. The minimum atomic E-state index is -0.679. The number of fused-ring (bicyclic) bond motifs is 1. The molecular weight excluding hydrogens is 520 g/mol. The summed E-state index contributed by atoms with van der Waals surface area (Å²) in [6.07, 6.45) is 3.93. The largest absolute Gasteiger partial charge is 0.488 e. The van der Waals surface area contributed by atoms with Gasteiger partial charge < -0.3 is 24.6 Å².